The van der Waals surface area contributed by atoms with Crippen LogP contribution in [0.2, 0.25) is 0 Å². The summed E-state index contributed by atoms with van der Waals surface area (Å²) in [5.41, 5.74) is -0.776. The van der Waals surface area contributed by atoms with E-state index in [1.54, 1.807) is 6.92 Å². The predicted molar refractivity (Wildman–Crippen MR) is 68.8 cm³/mol. The van der Waals surface area contributed by atoms with E-state index < -0.39 is 5.60 Å². The molecule has 0 bridgehead atoms. The topological polar surface area (TPSA) is 61.4 Å². The second-order valence-corrected chi connectivity index (χ2v) is 5.38. The maximum Gasteiger partial charge on any atom is 0.220 e. The van der Waals surface area contributed by atoms with E-state index in [0.717, 1.165) is 19.5 Å². The molecular formula is C13H26N2O2. The Morgan fingerprint density at radius 3 is 2.94 bits per heavy atom. The van der Waals surface area contributed by atoms with Crippen LogP contribution in [-0.4, -0.2) is 36.2 Å². The number of carbonyl (C=O) groups excluding carboxylic acids is 1. The Kier molecular flexibility index (Phi) is 5.92. The highest BCUT2D eigenvalue weighted by Crippen LogP contribution is 2.15. The number of carbonyl (C=O) groups is 1. The Morgan fingerprint density at radius 1 is 1.59 bits per heavy atom. The molecule has 0 spiro atoms. The van der Waals surface area contributed by atoms with Crippen LogP contribution in [-0.2, 0) is 4.79 Å². The van der Waals surface area contributed by atoms with Crippen molar-refractivity contribution in [2.45, 2.75) is 51.6 Å². The van der Waals surface area contributed by atoms with Gasteiger partial charge in [-0.15, -0.1) is 0 Å². The molecule has 1 amide bonds. The molecule has 0 saturated carbocycles. The number of piperidine rings is 1. The minimum Gasteiger partial charge on any atom is -0.388 e. The van der Waals surface area contributed by atoms with Gasteiger partial charge in [-0.05, 0) is 51.6 Å². The zero-order valence-electron chi connectivity index (χ0n) is 11.1. The Morgan fingerprint density at radius 2 is 2.35 bits per heavy atom. The molecule has 4 heteroatoms. The van der Waals surface area contributed by atoms with Crippen LogP contribution in [0.1, 0.15) is 46.0 Å². The van der Waals surface area contributed by atoms with Crippen molar-refractivity contribution < 1.29 is 9.90 Å². The standard InChI is InChI=1S/C13H26N2O2/c1-3-13(2,17)10-15-12(16)7-6-11-5-4-8-14-9-11/h11,14,17H,3-10H2,1-2H3,(H,15,16). The van der Waals surface area contributed by atoms with Crippen LogP contribution in [0.3, 0.4) is 0 Å². The molecule has 3 N–H and O–H groups in total. The van der Waals surface area contributed by atoms with E-state index in [0.29, 0.717) is 25.3 Å². The number of amides is 1. The van der Waals surface area contributed by atoms with Gasteiger partial charge in [-0.1, -0.05) is 6.92 Å². The summed E-state index contributed by atoms with van der Waals surface area (Å²) in [7, 11) is 0. The summed E-state index contributed by atoms with van der Waals surface area (Å²) < 4.78 is 0. The first-order chi connectivity index (χ1) is 8.03. The fourth-order valence-electron chi connectivity index (χ4n) is 2.01. The van der Waals surface area contributed by atoms with Gasteiger partial charge in [-0.2, -0.15) is 0 Å². The number of nitrogens with one attached hydrogen (secondary N) is 2. The lowest BCUT2D eigenvalue weighted by Crippen LogP contribution is -2.40. The van der Waals surface area contributed by atoms with Gasteiger partial charge in [0.1, 0.15) is 0 Å². The van der Waals surface area contributed by atoms with Crippen molar-refractivity contribution in [2.75, 3.05) is 19.6 Å². The molecular weight excluding hydrogens is 216 g/mol. The van der Waals surface area contributed by atoms with Crippen molar-refractivity contribution in [1.82, 2.24) is 10.6 Å². The van der Waals surface area contributed by atoms with E-state index in [-0.39, 0.29) is 5.91 Å². The summed E-state index contributed by atoms with van der Waals surface area (Å²) in [4.78, 5) is 11.6. The monoisotopic (exact) mass is 242 g/mol. The van der Waals surface area contributed by atoms with E-state index in [1.807, 2.05) is 6.92 Å². The summed E-state index contributed by atoms with van der Waals surface area (Å²) in [5.74, 6) is 0.700. The molecule has 0 aromatic heterocycles. The number of hydrogen-bond acceptors (Lipinski definition) is 3. The van der Waals surface area contributed by atoms with Crippen LogP contribution in [0.5, 0.6) is 0 Å². The van der Waals surface area contributed by atoms with Crippen LogP contribution < -0.4 is 10.6 Å². The van der Waals surface area contributed by atoms with Crippen molar-refractivity contribution in [3.8, 4) is 0 Å². The fraction of sp³-hybridized carbons (Fsp3) is 0.923. The molecule has 100 valence electrons. The lowest BCUT2D eigenvalue weighted by Gasteiger charge is -2.23. The third-order valence-corrected chi connectivity index (χ3v) is 3.61. The van der Waals surface area contributed by atoms with Gasteiger partial charge >= 0.3 is 0 Å². The van der Waals surface area contributed by atoms with Crippen LogP contribution in [0, 0.1) is 5.92 Å². The van der Waals surface area contributed by atoms with Crippen molar-refractivity contribution in [1.29, 1.82) is 0 Å². The zero-order valence-corrected chi connectivity index (χ0v) is 11.1. The number of rotatable bonds is 6. The summed E-state index contributed by atoms with van der Waals surface area (Å²) in [6.07, 6.45) is 4.63. The lowest BCUT2D eigenvalue weighted by atomic mass is 9.94. The van der Waals surface area contributed by atoms with E-state index in [9.17, 15) is 9.90 Å². The van der Waals surface area contributed by atoms with Crippen molar-refractivity contribution in [3.63, 3.8) is 0 Å². The third kappa shape index (κ3) is 6.03. The Balaban J connectivity index is 2.12. The first-order valence-electron chi connectivity index (χ1n) is 6.73. The molecule has 0 aromatic rings. The van der Waals surface area contributed by atoms with Gasteiger partial charge in [-0.3, -0.25) is 4.79 Å². The molecule has 1 aliphatic rings. The van der Waals surface area contributed by atoms with Crippen LogP contribution in [0.15, 0.2) is 0 Å². The SMILES string of the molecule is CCC(C)(O)CNC(=O)CCC1CCCNC1. The van der Waals surface area contributed by atoms with Crippen molar-refractivity contribution >= 4 is 5.91 Å². The lowest BCUT2D eigenvalue weighted by molar-refractivity contribution is -0.122. The maximum atomic E-state index is 11.6. The third-order valence-electron chi connectivity index (χ3n) is 3.61. The molecule has 2 unspecified atom stereocenters. The van der Waals surface area contributed by atoms with Crippen LogP contribution >= 0.6 is 0 Å². The van der Waals surface area contributed by atoms with E-state index >= 15 is 0 Å². The van der Waals surface area contributed by atoms with Crippen molar-refractivity contribution in [3.05, 3.63) is 0 Å². The van der Waals surface area contributed by atoms with Crippen molar-refractivity contribution in [2.24, 2.45) is 5.92 Å². The zero-order chi connectivity index (χ0) is 12.7. The highest BCUT2D eigenvalue weighted by molar-refractivity contribution is 5.75. The van der Waals surface area contributed by atoms with Gasteiger partial charge in [0.15, 0.2) is 0 Å². The molecule has 1 heterocycles. The summed E-state index contributed by atoms with van der Waals surface area (Å²) in [5, 5.41) is 15.9. The summed E-state index contributed by atoms with van der Waals surface area (Å²) in [6, 6.07) is 0. The minimum absolute atomic E-state index is 0.0595. The Hall–Kier alpha value is -0.610. The molecule has 1 saturated heterocycles. The first kappa shape index (κ1) is 14.5. The van der Waals surface area contributed by atoms with Gasteiger partial charge in [-0.25, -0.2) is 0 Å². The normalized spacial score (nSPS) is 24.1. The highest BCUT2D eigenvalue weighted by atomic mass is 16.3. The smallest absolute Gasteiger partial charge is 0.220 e. The van der Waals surface area contributed by atoms with Gasteiger partial charge < -0.3 is 15.7 Å². The average molecular weight is 242 g/mol. The Bertz CT molecular complexity index is 236. The maximum absolute atomic E-state index is 11.6. The van der Waals surface area contributed by atoms with Crippen LogP contribution in [0.25, 0.3) is 0 Å². The van der Waals surface area contributed by atoms with Gasteiger partial charge in [0.25, 0.3) is 0 Å². The summed E-state index contributed by atoms with van der Waals surface area (Å²) in [6.45, 7) is 6.17. The second kappa shape index (κ2) is 6.97. The quantitative estimate of drug-likeness (QED) is 0.652. The molecule has 0 aliphatic carbocycles. The highest BCUT2D eigenvalue weighted by Gasteiger charge is 2.19. The predicted octanol–water partition coefficient (Wildman–Crippen LogP) is 1.04. The summed E-state index contributed by atoms with van der Waals surface area (Å²) >= 11 is 0. The molecule has 1 fully saturated rings. The molecule has 0 radical (unpaired) electrons. The molecule has 4 nitrogen and oxygen atoms in total. The number of aliphatic hydroxyl groups is 1. The molecule has 17 heavy (non-hydrogen) atoms. The molecule has 0 aromatic carbocycles. The van der Waals surface area contributed by atoms with Gasteiger partial charge in [0.05, 0.1) is 5.60 Å². The first-order valence-corrected chi connectivity index (χ1v) is 6.73. The Labute approximate surface area is 104 Å². The van der Waals surface area contributed by atoms with Gasteiger partial charge in [0.2, 0.25) is 5.91 Å². The van der Waals surface area contributed by atoms with Crippen LogP contribution in [0.4, 0.5) is 0 Å². The van der Waals surface area contributed by atoms with E-state index in [4.69, 9.17) is 0 Å². The van der Waals surface area contributed by atoms with E-state index in [1.165, 1.54) is 12.8 Å². The largest absolute Gasteiger partial charge is 0.388 e. The molecule has 1 rings (SSSR count). The fourth-order valence-corrected chi connectivity index (χ4v) is 2.01. The van der Waals surface area contributed by atoms with E-state index in [2.05, 4.69) is 10.6 Å². The molecule has 1 aliphatic heterocycles. The molecule has 2 atom stereocenters. The average Bonchev–Trinajstić information content (AvgIpc) is 2.35. The minimum atomic E-state index is -0.776. The second-order valence-electron chi connectivity index (χ2n) is 5.38. The number of hydrogen-bond donors (Lipinski definition) is 3. The van der Waals surface area contributed by atoms with Gasteiger partial charge in [0, 0.05) is 13.0 Å².